The standard InChI is InChI=1S/C12H16N2OS/c13-11(16)8-4-5-9-14-12(15)10-6-2-1-3-7-10/h1-3,6-7H,4-5,8-9H2,(H2,13,16)(H,14,15). The van der Waals surface area contributed by atoms with Crippen molar-refractivity contribution in [1.29, 1.82) is 0 Å². The van der Waals surface area contributed by atoms with E-state index in [0.29, 0.717) is 17.1 Å². The Labute approximate surface area is 101 Å². The van der Waals surface area contributed by atoms with Gasteiger partial charge in [0.2, 0.25) is 0 Å². The largest absolute Gasteiger partial charge is 0.393 e. The molecule has 86 valence electrons. The molecule has 0 fully saturated rings. The Kier molecular flexibility index (Phi) is 5.50. The van der Waals surface area contributed by atoms with Crippen LogP contribution in [0.15, 0.2) is 30.3 Å². The van der Waals surface area contributed by atoms with Gasteiger partial charge in [-0.1, -0.05) is 30.4 Å². The van der Waals surface area contributed by atoms with Crippen LogP contribution in [0, 0.1) is 0 Å². The van der Waals surface area contributed by atoms with Gasteiger partial charge in [-0.25, -0.2) is 0 Å². The number of hydrogen-bond acceptors (Lipinski definition) is 2. The fourth-order valence-corrected chi connectivity index (χ4v) is 1.46. The summed E-state index contributed by atoms with van der Waals surface area (Å²) in [6.07, 6.45) is 2.57. The van der Waals surface area contributed by atoms with Crippen molar-refractivity contribution in [3.63, 3.8) is 0 Å². The maximum absolute atomic E-state index is 11.6. The Bertz CT molecular complexity index is 351. The van der Waals surface area contributed by atoms with E-state index in [1.54, 1.807) is 12.1 Å². The van der Waals surface area contributed by atoms with Crippen LogP contribution in [0.3, 0.4) is 0 Å². The fourth-order valence-electron chi connectivity index (χ4n) is 1.32. The molecule has 0 aliphatic heterocycles. The molecule has 4 heteroatoms. The molecule has 1 aromatic carbocycles. The van der Waals surface area contributed by atoms with E-state index in [-0.39, 0.29) is 5.91 Å². The van der Waals surface area contributed by atoms with Gasteiger partial charge in [0, 0.05) is 12.1 Å². The lowest BCUT2D eigenvalue weighted by Crippen LogP contribution is -2.24. The molecule has 0 aromatic heterocycles. The Morgan fingerprint density at radius 1 is 1.25 bits per heavy atom. The lowest BCUT2D eigenvalue weighted by Gasteiger charge is -2.04. The number of nitrogens with two attached hydrogens (primary N) is 1. The molecule has 0 radical (unpaired) electrons. The monoisotopic (exact) mass is 236 g/mol. The minimum atomic E-state index is -0.0316. The van der Waals surface area contributed by atoms with Crippen LogP contribution in [-0.2, 0) is 0 Å². The molecule has 0 aliphatic carbocycles. The maximum Gasteiger partial charge on any atom is 0.251 e. The number of hydrogen-bond donors (Lipinski definition) is 2. The third-order valence-electron chi connectivity index (χ3n) is 2.17. The second-order valence-electron chi connectivity index (χ2n) is 3.55. The van der Waals surface area contributed by atoms with Crippen molar-refractivity contribution in [3.8, 4) is 0 Å². The summed E-state index contributed by atoms with van der Waals surface area (Å²) in [5.74, 6) is -0.0316. The first-order chi connectivity index (χ1) is 7.70. The quantitative estimate of drug-likeness (QED) is 0.585. The second kappa shape index (κ2) is 6.95. The van der Waals surface area contributed by atoms with Crippen LogP contribution < -0.4 is 11.1 Å². The third-order valence-corrected chi connectivity index (χ3v) is 2.38. The molecule has 0 atom stereocenters. The van der Waals surface area contributed by atoms with Gasteiger partial charge in [0.15, 0.2) is 0 Å². The van der Waals surface area contributed by atoms with Gasteiger partial charge in [-0.2, -0.15) is 0 Å². The smallest absolute Gasteiger partial charge is 0.251 e. The lowest BCUT2D eigenvalue weighted by molar-refractivity contribution is 0.0953. The van der Waals surface area contributed by atoms with Crippen molar-refractivity contribution >= 4 is 23.1 Å². The third kappa shape index (κ3) is 4.89. The van der Waals surface area contributed by atoms with Crippen molar-refractivity contribution in [1.82, 2.24) is 5.32 Å². The lowest BCUT2D eigenvalue weighted by atomic mass is 10.2. The number of carbonyl (C=O) groups excluding carboxylic acids is 1. The molecule has 0 saturated carbocycles. The van der Waals surface area contributed by atoms with Crippen LogP contribution >= 0.6 is 12.2 Å². The van der Waals surface area contributed by atoms with Crippen LogP contribution in [0.25, 0.3) is 0 Å². The highest BCUT2D eigenvalue weighted by Gasteiger charge is 2.02. The van der Waals surface area contributed by atoms with E-state index in [4.69, 9.17) is 18.0 Å². The summed E-state index contributed by atoms with van der Waals surface area (Å²) in [6, 6.07) is 9.18. The zero-order valence-corrected chi connectivity index (χ0v) is 9.93. The topological polar surface area (TPSA) is 55.1 Å². The van der Waals surface area contributed by atoms with Crippen LogP contribution in [0.2, 0.25) is 0 Å². The Hall–Kier alpha value is -1.42. The molecule has 0 saturated heterocycles. The Morgan fingerprint density at radius 2 is 1.94 bits per heavy atom. The van der Waals surface area contributed by atoms with Crippen molar-refractivity contribution in [2.45, 2.75) is 19.3 Å². The highest BCUT2D eigenvalue weighted by Crippen LogP contribution is 1.99. The summed E-state index contributed by atoms with van der Waals surface area (Å²) >= 11 is 4.76. The molecular weight excluding hydrogens is 220 g/mol. The van der Waals surface area contributed by atoms with E-state index in [0.717, 1.165) is 19.3 Å². The summed E-state index contributed by atoms with van der Waals surface area (Å²) in [5, 5.41) is 2.85. The molecule has 0 bridgehead atoms. The first-order valence-electron chi connectivity index (χ1n) is 5.31. The molecule has 0 unspecified atom stereocenters. The normalized spacial score (nSPS) is 9.75. The number of benzene rings is 1. The maximum atomic E-state index is 11.6. The van der Waals surface area contributed by atoms with E-state index in [9.17, 15) is 4.79 Å². The van der Waals surface area contributed by atoms with Crippen molar-refractivity contribution in [3.05, 3.63) is 35.9 Å². The molecule has 1 rings (SSSR count). The molecule has 0 aliphatic rings. The van der Waals surface area contributed by atoms with Crippen LogP contribution in [0.4, 0.5) is 0 Å². The second-order valence-corrected chi connectivity index (χ2v) is 4.07. The van der Waals surface area contributed by atoms with Crippen LogP contribution in [-0.4, -0.2) is 17.4 Å². The van der Waals surface area contributed by atoms with Crippen LogP contribution in [0.5, 0.6) is 0 Å². The molecule has 3 N–H and O–H groups in total. The summed E-state index contributed by atoms with van der Waals surface area (Å²) in [6.45, 7) is 0.663. The van der Waals surface area contributed by atoms with Crippen molar-refractivity contribution in [2.75, 3.05) is 6.54 Å². The number of rotatable bonds is 6. The number of nitrogens with one attached hydrogen (secondary N) is 1. The number of carbonyl (C=O) groups is 1. The summed E-state index contributed by atoms with van der Waals surface area (Å²) in [4.78, 5) is 12.1. The SMILES string of the molecule is NC(=S)CCCCNC(=O)c1ccccc1. The summed E-state index contributed by atoms with van der Waals surface area (Å²) < 4.78 is 0. The first kappa shape index (κ1) is 12.6. The zero-order valence-electron chi connectivity index (χ0n) is 9.11. The summed E-state index contributed by atoms with van der Waals surface area (Å²) in [5.41, 5.74) is 6.06. The van der Waals surface area contributed by atoms with Crippen molar-refractivity contribution in [2.24, 2.45) is 5.73 Å². The molecular formula is C12H16N2OS. The molecule has 3 nitrogen and oxygen atoms in total. The predicted octanol–water partition coefficient (Wildman–Crippen LogP) is 1.87. The van der Waals surface area contributed by atoms with Gasteiger partial charge in [0.05, 0.1) is 4.99 Å². The molecule has 1 amide bonds. The Morgan fingerprint density at radius 3 is 2.56 bits per heavy atom. The Balaban J connectivity index is 2.19. The highest BCUT2D eigenvalue weighted by molar-refractivity contribution is 7.80. The zero-order chi connectivity index (χ0) is 11.8. The minimum absolute atomic E-state index is 0.0316. The van der Waals surface area contributed by atoms with Gasteiger partial charge < -0.3 is 11.1 Å². The highest BCUT2D eigenvalue weighted by atomic mass is 32.1. The van der Waals surface area contributed by atoms with Crippen LogP contribution in [0.1, 0.15) is 29.6 Å². The molecule has 16 heavy (non-hydrogen) atoms. The average Bonchev–Trinajstić information content (AvgIpc) is 2.29. The molecule has 0 spiro atoms. The average molecular weight is 236 g/mol. The predicted molar refractivity (Wildman–Crippen MR) is 69.4 cm³/mol. The number of unbranched alkanes of at least 4 members (excludes halogenated alkanes) is 1. The van der Waals surface area contributed by atoms with Crippen molar-refractivity contribution < 1.29 is 4.79 Å². The van der Waals surface area contributed by atoms with Gasteiger partial charge in [-0.05, 0) is 31.4 Å². The van der Waals surface area contributed by atoms with E-state index < -0.39 is 0 Å². The van der Waals surface area contributed by atoms with E-state index in [1.807, 2.05) is 18.2 Å². The van der Waals surface area contributed by atoms with E-state index in [2.05, 4.69) is 5.32 Å². The van der Waals surface area contributed by atoms with Gasteiger partial charge >= 0.3 is 0 Å². The molecule has 0 heterocycles. The van der Waals surface area contributed by atoms with E-state index >= 15 is 0 Å². The molecule has 1 aromatic rings. The first-order valence-corrected chi connectivity index (χ1v) is 5.72. The van der Waals surface area contributed by atoms with E-state index in [1.165, 1.54) is 0 Å². The number of amides is 1. The van der Waals surface area contributed by atoms with Gasteiger partial charge in [0.1, 0.15) is 0 Å². The summed E-state index contributed by atoms with van der Waals surface area (Å²) in [7, 11) is 0. The fraction of sp³-hybridized carbons (Fsp3) is 0.333. The minimum Gasteiger partial charge on any atom is -0.393 e. The van der Waals surface area contributed by atoms with Gasteiger partial charge in [-0.15, -0.1) is 0 Å². The van der Waals surface area contributed by atoms with Gasteiger partial charge in [-0.3, -0.25) is 4.79 Å². The van der Waals surface area contributed by atoms with Gasteiger partial charge in [0.25, 0.3) is 5.91 Å². The number of thiocarbonyl (C=S) groups is 1.